The maximum Gasteiger partial charge on any atom is 0.262 e. The summed E-state index contributed by atoms with van der Waals surface area (Å²) < 4.78 is 32.3. The van der Waals surface area contributed by atoms with Gasteiger partial charge in [0.2, 0.25) is 10.0 Å². The molecule has 0 saturated heterocycles. The SMILES string of the molecule is CCCNS(=O)(=O)c1ccc(OCC(=O)Nc2c(CC)cccc2CC)c(Cl)c1. The van der Waals surface area contributed by atoms with Crippen molar-refractivity contribution in [3.63, 3.8) is 0 Å². The highest BCUT2D eigenvalue weighted by Gasteiger charge is 2.16. The molecule has 0 aliphatic heterocycles. The van der Waals surface area contributed by atoms with Gasteiger partial charge in [-0.15, -0.1) is 0 Å². The van der Waals surface area contributed by atoms with Gasteiger partial charge < -0.3 is 10.1 Å². The molecule has 0 aliphatic carbocycles. The van der Waals surface area contributed by atoms with Crippen LogP contribution in [0.2, 0.25) is 5.02 Å². The minimum atomic E-state index is -3.62. The zero-order valence-corrected chi connectivity index (χ0v) is 18.5. The lowest BCUT2D eigenvalue weighted by Gasteiger charge is -2.15. The van der Waals surface area contributed by atoms with Crippen LogP contribution in [0.15, 0.2) is 41.3 Å². The third-order valence-electron chi connectivity index (χ3n) is 4.38. The number of rotatable bonds is 10. The van der Waals surface area contributed by atoms with E-state index in [-0.39, 0.29) is 28.2 Å². The Morgan fingerprint density at radius 3 is 2.28 bits per heavy atom. The van der Waals surface area contributed by atoms with Crippen LogP contribution in [0.1, 0.15) is 38.3 Å². The molecule has 2 aromatic carbocycles. The van der Waals surface area contributed by atoms with E-state index < -0.39 is 10.0 Å². The van der Waals surface area contributed by atoms with E-state index in [2.05, 4.69) is 10.0 Å². The van der Waals surface area contributed by atoms with E-state index in [9.17, 15) is 13.2 Å². The standard InChI is InChI=1S/C21H27ClN2O4S/c1-4-12-23-29(26,27)17-10-11-19(18(22)13-17)28-14-20(25)24-21-15(5-2)8-7-9-16(21)6-3/h7-11,13,23H,4-6,12,14H2,1-3H3,(H,24,25). The molecule has 2 aromatic rings. The van der Waals surface area contributed by atoms with Gasteiger partial charge in [-0.05, 0) is 48.6 Å². The second-order valence-electron chi connectivity index (χ2n) is 6.49. The summed E-state index contributed by atoms with van der Waals surface area (Å²) in [5.74, 6) is -0.0614. The third-order valence-corrected chi connectivity index (χ3v) is 6.13. The van der Waals surface area contributed by atoms with Crippen LogP contribution in [-0.2, 0) is 27.7 Å². The fraction of sp³-hybridized carbons (Fsp3) is 0.381. The summed E-state index contributed by atoms with van der Waals surface area (Å²) in [5, 5.41) is 3.04. The van der Waals surface area contributed by atoms with Crippen molar-refractivity contribution in [2.24, 2.45) is 0 Å². The maximum absolute atomic E-state index is 12.4. The Kier molecular flexibility index (Phi) is 8.49. The molecule has 158 valence electrons. The molecule has 0 atom stereocenters. The summed E-state index contributed by atoms with van der Waals surface area (Å²) in [5.41, 5.74) is 2.94. The molecule has 0 heterocycles. The van der Waals surface area contributed by atoms with Gasteiger partial charge in [-0.25, -0.2) is 13.1 Å². The molecular formula is C21H27ClN2O4S. The second kappa shape index (κ2) is 10.6. The quantitative estimate of drug-likeness (QED) is 0.583. The normalized spacial score (nSPS) is 11.3. The molecule has 1 amide bonds. The van der Waals surface area contributed by atoms with Gasteiger partial charge in [0.05, 0.1) is 9.92 Å². The van der Waals surface area contributed by atoms with Gasteiger partial charge in [0.25, 0.3) is 5.91 Å². The summed E-state index contributed by atoms with van der Waals surface area (Å²) in [6, 6.07) is 10.1. The topological polar surface area (TPSA) is 84.5 Å². The summed E-state index contributed by atoms with van der Waals surface area (Å²) in [6.07, 6.45) is 2.29. The van der Waals surface area contributed by atoms with Crippen LogP contribution in [0.4, 0.5) is 5.69 Å². The number of amides is 1. The summed E-state index contributed by atoms with van der Waals surface area (Å²) in [6.45, 7) is 6.05. The van der Waals surface area contributed by atoms with Crippen molar-refractivity contribution < 1.29 is 17.9 Å². The van der Waals surface area contributed by atoms with Crippen LogP contribution in [-0.4, -0.2) is 27.5 Å². The number of para-hydroxylation sites is 1. The Labute approximate surface area is 177 Å². The van der Waals surface area contributed by atoms with Crippen molar-refractivity contribution >= 4 is 33.2 Å². The molecule has 2 N–H and O–H groups in total. The number of carbonyl (C=O) groups excluding carboxylic acids is 1. The van der Waals surface area contributed by atoms with Gasteiger partial charge >= 0.3 is 0 Å². The van der Waals surface area contributed by atoms with E-state index in [4.69, 9.17) is 16.3 Å². The Hall–Kier alpha value is -2.09. The van der Waals surface area contributed by atoms with E-state index in [1.807, 2.05) is 39.0 Å². The number of sulfonamides is 1. The molecule has 0 saturated carbocycles. The summed E-state index contributed by atoms with van der Waals surface area (Å²) in [4.78, 5) is 12.4. The predicted octanol–water partition coefficient (Wildman–Crippen LogP) is 4.17. The monoisotopic (exact) mass is 438 g/mol. The molecule has 0 aromatic heterocycles. The number of hydrogen-bond donors (Lipinski definition) is 2. The zero-order valence-electron chi connectivity index (χ0n) is 16.9. The van der Waals surface area contributed by atoms with E-state index in [0.29, 0.717) is 13.0 Å². The second-order valence-corrected chi connectivity index (χ2v) is 8.66. The van der Waals surface area contributed by atoms with Crippen molar-refractivity contribution in [2.45, 2.75) is 44.9 Å². The Bertz CT molecular complexity index is 939. The molecule has 0 fully saturated rings. The molecule has 0 spiro atoms. The fourth-order valence-corrected chi connectivity index (χ4v) is 4.27. The number of nitrogens with one attached hydrogen (secondary N) is 2. The van der Waals surface area contributed by atoms with Gasteiger partial charge in [-0.1, -0.05) is 50.6 Å². The van der Waals surface area contributed by atoms with Gasteiger partial charge in [0, 0.05) is 12.2 Å². The van der Waals surface area contributed by atoms with Crippen LogP contribution in [0, 0.1) is 0 Å². The van der Waals surface area contributed by atoms with Crippen LogP contribution in [0.5, 0.6) is 5.75 Å². The van der Waals surface area contributed by atoms with E-state index in [0.717, 1.165) is 29.7 Å². The van der Waals surface area contributed by atoms with Crippen LogP contribution < -0.4 is 14.8 Å². The number of ether oxygens (including phenoxy) is 1. The van der Waals surface area contributed by atoms with Gasteiger partial charge in [-0.3, -0.25) is 4.79 Å². The van der Waals surface area contributed by atoms with Crippen molar-refractivity contribution in [1.29, 1.82) is 0 Å². The first-order valence-corrected chi connectivity index (χ1v) is 11.5. The summed E-state index contributed by atoms with van der Waals surface area (Å²) >= 11 is 6.16. The number of halogens is 1. The average Bonchev–Trinajstić information content (AvgIpc) is 2.71. The predicted molar refractivity (Wildman–Crippen MR) is 116 cm³/mol. The number of anilines is 1. The Morgan fingerprint density at radius 1 is 1.07 bits per heavy atom. The lowest BCUT2D eigenvalue weighted by molar-refractivity contribution is -0.118. The first-order chi connectivity index (χ1) is 13.8. The third kappa shape index (κ3) is 6.19. The van der Waals surface area contributed by atoms with Gasteiger partial charge in [0.15, 0.2) is 6.61 Å². The lowest BCUT2D eigenvalue weighted by atomic mass is 10.0. The number of carbonyl (C=O) groups is 1. The number of benzene rings is 2. The minimum Gasteiger partial charge on any atom is -0.482 e. The van der Waals surface area contributed by atoms with Gasteiger partial charge in [0.1, 0.15) is 5.75 Å². The van der Waals surface area contributed by atoms with Crippen molar-refractivity contribution in [2.75, 3.05) is 18.5 Å². The fourth-order valence-electron chi connectivity index (χ4n) is 2.81. The number of aryl methyl sites for hydroxylation is 2. The summed E-state index contributed by atoms with van der Waals surface area (Å²) in [7, 11) is -3.62. The molecule has 6 nitrogen and oxygen atoms in total. The van der Waals surface area contributed by atoms with E-state index in [1.54, 1.807) is 0 Å². The first-order valence-electron chi connectivity index (χ1n) is 9.65. The largest absolute Gasteiger partial charge is 0.482 e. The smallest absolute Gasteiger partial charge is 0.262 e. The molecule has 0 radical (unpaired) electrons. The molecule has 0 aliphatic rings. The average molecular weight is 439 g/mol. The van der Waals surface area contributed by atoms with E-state index >= 15 is 0 Å². The number of hydrogen-bond acceptors (Lipinski definition) is 4. The maximum atomic E-state index is 12.4. The molecule has 8 heteroatoms. The van der Waals surface area contributed by atoms with Crippen LogP contribution in [0.25, 0.3) is 0 Å². The molecular weight excluding hydrogens is 412 g/mol. The first kappa shape index (κ1) is 23.2. The minimum absolute atomic E-state index is 0.0530. The molecule has 0 unspecified atom stereocenters. The van der Waals surface area contributed by atoms with Crippen LogP contribution >= 0.6 is 11.6 Å². The van der Waals surface area contributed by atoms with Crippen LogP contribution in [0.3, 0.4) is 0 Å². The van der Waals surface area contributed by atoms with Crippen molar-refractivity contribution in [1.82, 2.24) is 4.72 Å². The lowest BCUT2D eigenvalue weighted by Crippen LogP contribution is -2.24. The molecule has 29 heavy (non-hydrogen) atoms. The Morgan fingerprint density at radius 2 is 1.72 bits per heavy atom. The Balaban J connectivity index is 2.06. The van der Waals surface area contributed by atoms with Crippen molar-refractivity contribution in [3.05, 3.63) is 52.5 Å². The zero-order chi connectivity index (χ0) is 21.4. The van der Waals surface area contributed by atoms with Gasteiger partial charge in [-0.2, -0.15) is 0 Å². The highest BCUT2D eigenvalue weighted by Crippen LogP contribution is 2.28. The highest BCUT2D eigenvalue weighted by molar-refractivity contribution is 7.89. The molecule has 0 bridgehead atoms. The molecule has 2 rings (SSSR count). The van der Waals surface area contributed by atoms with E-state index in [1.165, 1.54) is 18.2 Å². The van der Waals surface area contributed by atoms with Crippen molar-refractivity contribution in [3.8, 4) is 5.75 Å². The highest BCUT2D eigenvalue weighted by atomic mass is 35.5.